The Hall–Kier alpha value is -1.22. The number of phenolic OH excluding ortho intramolecular Hbond substituents is 2. The molecule has 0 radical (unpaired) electrons. The molecule has 0 fully saturated rings. The molecule has 0 amide bonds. The van der Waals surface area contributed by atoms with E-state index < -0.39 is 0 Å². The topological polar surface area (TPSA) is 66.5 Å². The average molecular weight is 193 g/mol. The summed E-state index contributed by atoms with van der Waals surface area (Å²) in [5.74, 6) is 0.524. The molecule has 0 spiro atoms. The van der Waals surface area contributed by atoms with Gasteiger partial charge in [0.2, 0.25) is 0 Å². The third-order valence-corrected chi connectivity index (χ3v) is 2.93. The normalized spacial score (nSPS) is 20.6. The lowest BCUT2D eigenvalue weighted by molar-refractivity contribution is 0.423. The first kappa shape index (κ1) is 9.34. The van der Waals surface area contributed by atoms with Crippen LogP contribution < -0.4 is 5.73 Å². The molecule has 1 aliphatic rings. The Morgan fingerprint density at radius 3 is 2.86 bits per heavy atom. The van der Waals surface area contributed by atoms with Crippen molar-refractivity contribution < 1.29 is 10.2 Å². The lowest BCUT2D eigenvalue weighted by Crippen LogP contribution is -2.17. The molecule has 1 aromatic carbocycles. The van der Waals surface area contributed by atoms with Crippen molar-refractivity contribution in [2.24, 2.45) is 5.73 Å². The number of fused-ring (bicyclic) bond motifs is 1. The summed E-state index contributed by atoms with van der Waals surface area (Å²) in [7, 11) is 0. The van der Waals surface area contributed by atoms with Gasteiger partial charge in [0, 0.05) is 17.2 Å². The fraction of sp³-hybridized carbons (Fsp3) is 0.455. The SMILES string of the molecule is Cc1cc(O)c2c(c1O)CCCC2N. The van der Waals surface area contributed by atoms with Crippen molar-refractivity contribution in [1.29, 1.82) is 0 Å². The Kier molecular flexibility index (Phi) is 2.11. The van der Waals surface area contributed by atoms with E-state index in [2.05, 4.69) is 0 Å². The zero-order chi connectivity index (χ0) is 10.3. The van der Waals surface area contributed by atoms with Gasteiger partial charge < -0.3 is 15.9 Å². The second kappa shape index (κ2) is 3.17. The van der Waals surface area contributed by atoms with E-state index in [9.17, 15) is 10.2 Å². The number of phenols is 2. The van der Waals surface area contributed by atoms with Gasteiger partial charge in [-0.2, -0.15) is 0 Å². The standard InChI is InChI=1S/C11H15NO2/c1-6-5-9(13)10-7(11(6)14)3-2-4-8(10)12/h5,8,13-14H,2-4,12H2,1H3. The van der Waals surface area contributed by atoms with Crippen LogP contribution in [0.5, 0.6) is 11.5 Å². The van der Waals surface area contributed by atoms with Crippen molar-refractivity contribution in [3.63, 3.8) is 0 Å². The maximum absolute atomic E-state index is 9.82. The summed E-state index contributed by atoms with van der Waals surface area (Å²) in [5.41, 5.74) is 8.18. The molecule has 76 valence electrons. The quantitative estimate of drug-likeness (QED) is 0.550. The van der Waals surface area contributed by atoms with Crippen LogP contribution in [0.4, 0.5) is 0 Å². The number of benzene rings is 1. The number of nitrogens with two attached hydrogens (primary N) is 1. The van der Waals surface area contributed by atoms with Gasteiger partial charge >= 0.3 is 0 Å². The second-order valence-electron chi connectivity index (χ2n) is 3.95. The first-order chi connectivity index (χ1) is 6.61. The zero-order valence-electron chi connectivity index (χ0n) is 8.25. The smallest absolute Gasteiger partial charge is 0.122 e. The van der Waals surface area contributed by atoms with Crippen LogP contribution in [0.15, 0.2) is 6.07 Å². The van der Waals surface area contributed by atoms with Gasteiger partial charge in [0.1, 0.15) is 11.5 Å². The highest BCUT2D eigenvalue weighted by atomic mass is 16.3. The van der Waals surface area contributed by atoms with E-state index in [0.717, 1.165) is 36.0 Å². The van der Waals surface area contributed by atoms with E-state index in [-0.39, 0.29) is 11.8 Å². The van der Waals surface area contributed by atoms with Crippen LogP contribution in [-0.4, -0.2) is 10.2 Å². The molecule has 3 nitrogen and oxygen atoms in total. The molecule has 0 bridgehead atoms. The molecular weight excluding hydrogens is 178 g/mol. The summed E-state index contributed by atoms with van der Waals surface area (Å²) in [6.07, 6.45) is 2.66. The highest BCUT2D eigenvalue weighted by Gasteiger charge is 2.24. The van der Waals surface area contributed by atoms with Crippen LogP contribution in [0.25, 0.3) is 0 Å². The minimum atomic E-state index is -0.134. The van der Waals surface area contributed by atoms with E-state index in [0.29, 0.717) is 5.75 Å². The maximum Gasteiger partial charge on any atom is 0.122 e. The Morgan fingerprint density at radius 1 is 1.43 bits per heavy atom. The third kappa shape index (κ3) is 1.24. The predicted octanol–water partition coefficient (Wildman–Crippen LogP) is 1.74. The molecule has 14 heavy (non-hydrogen) atoms. The molecule has 0 heterocycles. The zero-order valence-corrected chi connectivity index (χ0v) is 8.25. The summed E-state index contributed by atoms with van der Waals surface area (Å²) >= 11 is 0. The molecule has 0 aromatic heterocycles. The fourth-order valence-electron chi connectivity index (χ4n) is 2.18. The third-order valence-electron chi connectivity index (χ3n) is 2.93. The van der Waals surface area contributed by atoms with Crippen molar-refractivity contribution in [2.75, 3.05) is 0 Å². The Labute approximate surface area is 83.2 Å². The number of hydrogen-bond donors (Lipinski definition) is 3. The lowest BCUT2D eigenvalue weighted by atomic mass is 9.85. The van der Waals surface area contributed by atoms with E-state index in [4.69, 9.17) is 5.73 Å². The molecule has 0 saturated carbocycles. The van der Waals surface area contributed by atoms with Crippen LogP contribution in [-0.2, 0) is 6.42 Å². The molecule has 1 aromatic rings. The van der Waals surface area contributed by atoms with Crippen molar-refractivity contribution in [2.45, 2.75) is 32.2 Å². The van der Waals surface area contributed by atoms with Gasteiger partial charge in [-0.25, -0.2) is 0 Å². The molecule has 0 aliphatic heterocycles. The Bertz CT molecular complexity index is 374. The summed E-state index contributed by atoms with van der Waals surface area (Å²) in [6, 6.07) is 1.45. The lowest BCUT2D eigenvalue weighted by Gasteiger charge is -2.24. The molecule has 4 N–H and O–H groups in total. The summed E-state index contributed by atoms with van der Waals surface area (Å²) in [6.45, 7) is 1.79. The second-order valence-corrected chi connectivity index (χ2v) is 3.95. The molecular formula is C11H15NO2. The summed E-state index contributed by atoms with van der Waals surface area (Å²) in [4.78, 5) is 0. The van der Waals surface area contributed by atoms with Crippen LogP contribution >= 0.6 is 0 Å². The molecule has 1 atom stereocenters. The molecule has 1 aliphatic carbocycles. The van der Waals surface area contributed by atoms with Crippen LogP contribution in [0.1, 0.15) is 35.6 Å². The minimum Gasteiger partial charge on any atom is -0.508 e. The number of aryl methyl sites for hydroxylation is 1. The van der Waals surface area contributed by atoms with Gasteiger partial charge in [-0.3, -0.25) is 0 Å². The van der Waals surface area contributed by atoms with Crippen molar-refractivity contribution >= 4 is 0 Å². The Balaban J connectivity index is 2.66. The molecule has 0 saturated heterocycles. The van der Waals surface area contributed by atoms with Crippen molar-refractivity contribution in [3.8, 4) is 11.5 Å². The van der Waals surface area contributed by atoms with Crippen LogP contribution in [0, 0.1) is 6.92 Å². The first-order valence-electron chi connectivity index (χ1n) is 4.91. The molecule has 2 rings (SSSR count). The van der Waals surface area contributed by atoms with E-state index >= 15 is 0 Å². The fourth-order valence-corrected chi connectivity index (χ4v) is 2.18. The largest absolute Gasteiger partial charge is 0.508 e. The predicted molar refractivity (Wildman–Crippen MR) is 54.4 cm³/mol. The highest BCUT2D eigenvalue weighted by molar-refractivity contribution is 5.54. The van der Waals surface area contributed by atoms with Crippen LogP contribution in [0.3, 0.4) is 0 Å². The monoisotopic (exact) mass is 193 g/mol. The van der Waals surface area contributed by atoms with E-state index in [1.807, 2.05) is 0 Å². The number of aromatic hydroxyl groups is 2. The van der Waals surface area contributed by atoms with Gasteiger partial charge in [0.25, 0.3) is 0 Å². The van der Waals surface area contributed by atoms with Gasteiger partial charge in [0.15, 0.2) is 0 Å². The molecule has 3 heteroatoms. The van der Waals surface area contributed by atoms with Gasteiger partial charge in [-0.05, 0) is 37.8 Å². The van der Waals surface area contributed by atoms with Crippen molar-refractivity contribution in [3.05, 3.63) is 22.8 Å². The highest BCUT2D eigenvalue weighted by Crippen LogP contribution is 2.40. The minimum absolute atomic E-state index is 0.134. The van der Waals surface area contributed by atoms with E-state index in [1.165, 1.54) is 0 Å². The van der Waals surface area contributed by atoms with Gasteiger partial charge in [0.05, 0.1) is 0 Å². The Morgan fingerprint density at radius 2 is 2.14 bits per heavy atom. The first-order valence-corrected chi connectivity index (χ1v) is 4.91. The van der Waals surface area contributed by atoms with Crippen LogP contribution in [0.2, 0.25) is 0 Å². The van der Waals surface area contributed by atoms with Gasteiger partial charge in [-0.15, -0.1) is 0 Å². The number of hydrogen-bond acceptors (Lipinski definition) is 3. The molecule has 1 unspecified atom stereocenters. The van der Waals surface area contributed by atoms with Crippen molar-refractivity contribution in [1.82, 2.24) is 0 Å². The van der Waals surface area contributed by atoms with Gasteiger partial charge in [-0.1, -0.05) is 0 Å². The maximum atomic E-state index is 9.82. The summed E-state index contributed by atoms with van der Waals surface area (Å²) < 4.78 is 0. The average Bonchev–Trinajstić information content (AvgIpc) is 2.14. The van der Waals surface area contributed by atoms with E-state index in [1.54, 1.807) is 13.0 Å². The number of rotatable bonds is 0. The summed E-state index contributed by atoms with van der Waals surface area (Å²) in [5, 5.41) is 19.6.